The van der Waals surface area contributed by atoms with Gasteiger partial charge in [-0.15, -0.1) is 0 Å². The quantitative estimate of drug-likeness (QED) is 0.869. The summed E-state index contributed by atoms with van der Waals surface area (Å²) in [5, 5.41) is 10.2. The molecule has 22 heavy (non-hydrogen) atoms. The van der Waals surface area contributed by atoms with Gasteiger partial charge in [-0.1, -0.05) is 25.1 Å². The summed E-state index contributed by atoms with van der Waals surface area (Å²) >= 11 is 0. The summed E-state index contributed by atoms with van der Waals surface area (Å²) in [5.41, 5.74) is 1.17. The van der Waals surface area contributed by atoms with Gasteiger partial charge >= 0.3 is 0 Å². The minimum Gasteiger partial charge on any atom is -0.493 e. The van der Waals surface area contributed by atoms with Crippen LogP contribution >= 0.6 is 0 Å². The molecule has 1 aromatic carbocycles. The van der Waals surface area contributed by atoms with Crippen molar-refractivity contribution in [1.29, 1.82) is 0 Å². The smallest absolute Gasteiger partial charge is 0.161 e. The average Bonchev–Trinajstić information content (AvgIpc) is 2.89. The molecular formula is C18H25NO3. The largest absolute Gasteiger partial charge is 0.493 e. The highest BCUT2D eigenvalue weighted by atomic mass is 16.5. The Hall–Kier alpha value is -1.52. The van der Waals surface area contributed by atoms with Crippen molar-refractivity contribution < 1.29 is 14.6 Å². The molecule has 4 heteroatoms. The summed E-state index contributed by atoms with van der Waals surface area (Å²) in [7, 11) is 5.47. The molecule has 0 radical (unpaired) electrons. The third kappa shape index (κ3) is 2.13. The zero-order valence-corrected chi connectivity index (χ0v) is 13.7. The van der Waals surface area contributed by atoms with Gasteiger partial charge in [0.1, 0.15) is 0 Å². The standard InChI is InChI=1S/C18H25NO3/c1-12-14(20)7-8-18(9-10-19(2)17(12)18)13-5-6-15(21-3)16(11-13)22-4/h5-8,11-12,14,17,20H,9-10H2,1-4H3/t12-,14-,17+,18+/m1/s1. The van der Waals surface area contributed by atoms with Gasteiger partial charge in [0.05, 0.1) is 20.3 Å². The van der Waals surface area contributed by atoms with Gasteiger partial charge in [0.25, 0.3) is 0 Å². The van der Waals surface area contributed by atoms with Crippen molar-refractivity contribution in [2.24, 2.45) is 5.92 Å². The van der Waals surface area contributed by atoms with E-state index in [0.29, 0.717) is 6.04 Å². The maximum absolute atomic E-state index is 10.2. The Morgan fingerprint density at radius 2 is 1.95 bits per heavy atom. The van der Waals surface area contributed by atoms with Crippen LogP contribution in [-0.2, 0) is 5.41 Å². The summed E-state index contributed by atoms with van der Waals surface area (Å²) in [5.74, 6) is 1.71. The number of ether oxygens (including phenoxy) is 2. The topological polar surface area (TPSA) is 41.9 Å². The number of rotatable bonds is 3. The first kappa shape index (κ1) is 15.4. The first-order valence-electron chi connectivity index (χ1n) is 7.83. The van der Waals surface area contributed by atoms with E-state index >= 15 is 0 Å². The predicted molar refractivity (Wildman–Crippen MR) is 86.6 cm³/mol. The predicted octanol–water partition coefficient (Wildman–Crippen LogP) is 2.21. The van der Waals surface area contributed by atoms with Crippen LogP contribution in [0, 0.1) is 5.92 Å². The molecule has 120 valence electrons. The summed E-state index contributed by atoms with van der Waals surface area (Å²) in [6.45, 7) is 3.16. The highest BCUT2D eigenvalue weighted by molar-refractivity contribution is 5.49. The van der Waals surface area contributed by atoms with E-state index in [0.717, 1.165) is 24.5 Å². The molecule has 0 saturated carbocycles. The molecule has 4 atom stereocenters. The lowest BCUT2D eigenvalue weighted by Crippen LogP contribution is -2.50. The molecule has 1 aliphatic heterocycles. The number of methoxy groups -OCH3 is 2. The number of aliphatic hydroxyl groups is 1. The van der Waals surface area contributed by atoms with Crippen LogP contribution in [-0.4, -0.2) is 50.0 Å². The summed E-state index contributed by atoms with van der Waals surface area (Å²) in [6, 6.07) is 6.48. The minimum atomic E-state index is -0.376. The second-order valence-electron chi connectivity index (χ2n) is 6.49. The van der Waals surface area contributed by atoms with Gasteiger partial charge < -0.3 is 19.5 Å². The maximum atomic E-state index is 10.2. The number of likely N-dealkylation sites (tertiary alicyclic amines) is 1. The highest BCUT2D eigenvalue weighted by Gasteiger charge is 2.51. The summed E-state index contributed by atoms with van der Waals surface area (Å²) < 4.78 is 10.8. The fourth-order valence-corrected chi connectivity index (χ4v) is 4.26. The molecule has 0 bridgehead atoms. The number of benzene rings is 1. The lowest BCUT2D eigenvalue weighted by molar-refractivity contribution is 0.0751. The van der Waals surface area contributed by atoms with Gasteiger partial charge in [0, 0.05) is 17.4 Å². The molecule has 1 saturated heterocycles. The molecule has 1 aliphatic carbocycles. The molecular weight excluding hydrogens is 278 g/mol. The van der Waals surface area contributed by atoms with Crippen LogP contribution in [0.1, 0.15) is 18.9 Å². The molecule has 4 nitrogen and oxygen atoms in total. The molecule has 0 aromatic heterocycles. The Morgan fingerprint density at radius 3 is 2.64 bits per heavy atom. The lowest BCUT2D eigenvalue weighted by Gasteiger charge is -2.44. The van der Waals surface area contributed by atoms with Crippen molar-refractivity contribution in [2.45, 2.75) is 30.9 Å². The number of likely N-dealkylation sites (N-methyl/N-ethyl adjacent to an activating group) is 1. The van der Waals surface area contributed by atoms with Crippen LogP contribution in [0.25, 0.3) is 0 Å². The van der Waals surface area contributed by atoms with Crippen molar-refractivity contribution >= 4 is 0 Å². The van der Waals surface area contributed by atoms with Crippen LogP contribution in [0.5, 0.6) is 11.5 Å². The van der Waals surface area contributed by atoms with E-state index in [2.05, 4.69) is 37.1 Å². The van der Waals surface area contributed by atoms with Crippen LogP contribution in [0.4, 0.5) is 0 Å². The highest BCUT2D eigenvalue weighted by Crippen LogP contribution is 2.48. The monoisotopic (exact) mass is 303 g/mol. The third-order valence-electron chi connectivity index (χ3n) is 5.43. The van der Waals surface area contributed by atoms with Gasteiger partial charge in [-0.25, -0.2) is 0 Å². The van der Waals surface area contributed by atoms with E-state index in [4.69, 9.17) is 9.47 Å². The molecule has 0 spiro atoms. The molecule has 0 unspecified atom stereocenters. The van der Waals surface area contributed by atoms with Gasteiger partial charge in [-0.2, -0.15) is 0 Å². The van der Waals surface area contributed by atoms with Crippen LogP contribution in [0.15, 0.2) is 30.4 Å². The van der Waals surface area contributed by atoms with Crippen molar-refractivity contribution in [3.05, 3.63) is 35.9 Å². The first-order valence-corrected chi connectivity index (χ1v) is 7.83. The summed E-state index contributed by atoms with van der Waals surface area (Å²) in [4.78, 5) is 2.37. The van der Waals surface area contributed by atoms with Gasteiger partial charge in [-0.3, -0.25) is 0 Å². The van der Waals surface area contributed by atoms with Crippen molar-refractivity contribution in [3.63, 3.8) is 0 Å². The second kappa shape index (κ2) is 5.60. The fourth-order valence-electron chi connectivity index (χ4n) is 4.26. The normalized spacial score (nSPS) is 34.5. The number of fused-ring (bicyclic) bond motifs is 1. The van der Waals surface area contributed by atoms with E-state index in [1.165, 1.54) is 5.56 Å². The van der Waals surface area contributed by atoms with Crippen LogP contribution < -0.4 is 9.47 Å². The number of nitrogens with zero attached hydrogens (tertiary/aromatic N) is 1. The van der Waals surface area contributed by atoms with Crippen molar-refractivity contribution in [2.75, 3.05) is 27.8 Å². The number of hydrogen-bond donors (Lipinski definition) is 1. The first-order chi connectivity index (χ1) is 10.5. The molecule has 1 fully saturated rings. The zero-order chi connectivity index (χ0) is 15.9. The van der Waals surface area contributed by atoms with Crippen molar-refractivity contribution in [1.82, 2.24) is 4.90 Å². The van der Waals surface area contributed by atoms with Crippen molar-refractivity contribution in [3.8, 4) is 11.5 Å². The molecule has 3 rings (SSSR count). The third-order valence-corrected chi connectivity index (χ3v) is 5.43. The minimum absolute atomic E-state index is 0.0626. The number of aliphatic hydroxyl groups excluding tert-OH is 1. The van der Waals surface area contributed by atoms with E-state index < -0.39 is 0 Å². The van der Waals surface area contributed by atoms with E-state index in [1.54, 1.807) is 14.2 Å². The van der Waals surface area contributed by atoms with Gasteiger partial charge in [0.2, 0.25) is 0 Å². The number of hydrogen-bond acceptors (Lipinski definition) is 4. The molecule has 0 amide bonds. The maximum Gasteiger partial charge on any atom is 0.161 e. The fraction of sp³-hybridized carbons (Fsp3) is 0.556. The SMILES string of the molecule is COc1ccc([C@@]23C=C[C@@H](O)[C@@H](C)[C@@H]2N(C)CC3)cc1OC. The summed E-state index contributed by atoms with van der Waals surface area (Å²) in [6.07, 6.45) is 4.83. The molecule has 2 aliphatic rings. The van der Waals surface area contributed by atoms with E-state index in [-0.39, 0.29) is 17.4 Å². The Labute approximate surface area is 132 Å². The Morgan fingerprint density at radius 1 is 1.23 bits per heavy atom. The van der Waals surface area contributed by atoms with Crippen LogP contribution in [0.3, 0.4) is 0 Å². The van der Waals surface area contributed by atoms with E-state index in [9.17, 15) is 5.11 Å². The van der Waals surface area contributed by atoms with E-state index in [1.807, 2.05) is 12.1 Å². The Balaban J connectivity index is 2.10. The molecule has 1 N–H and O–H groups in total. The van der Waals surface area contributed by atoms with Gasteiger partial charge in [-0.05, 0) is 37.7 Å². The molecule has 1 heterocycles. The van der Waals surface area contributed by atoms with Crippen LogP contribution in [0.2, 0.25) is 0 Å². The van der Waals surface area contributed by atoms with Gasteiger partial charge in [0.15, 0.2) is 11.5 Å². The molecule has 1 aromatic rings. The average molecular weight is 303 g/mol. The Kier molecular flexibility index (Phi) is 3.91. The zero-order valence-electron chi connectivity index (χ0n) is 13.7. The lowest BCUT2D eigenvalue weighted by atomic mass is 9.66. The second-order valence-corrected chi connectivity index (χ2v) is 6.49. The Bertz CT molecular complexity index is 586.